The van der Waals surface area contributed by atoms with Crippen LogP contribution in [0.1, 0.15) is 63.7 Å². The predicted octanol–water partition coefficient (Wildman–Crippen LogP) is -2.73. The molecule has 1 aromatic carbocycles. The van der Waals surface area contributed by atoms with Crippen LogP contribution in [-0.4, -0.2) is 118 Å². The minimum absolute atomic E-state index is 0.129. The topological polar surface area (TPSA) is 344 Å². The molecule has 0 spiro atoms. The highest BCUT2D eigenvalue weighted by molar-refractivity contribution is 8.13. The van der Waals surface area contributed by atoms with Crippen molar-refractivity contribution in [1.29, 1.82) is 0 Å². The Morgan fingerprint density at radius 3 is 1.93 bits per heavy atom. The van der Waals surface area contributed by atoms with Crippen molar-refractivity contribution in [2.45, 2.75) is 83.6 Å². The quantitative estimate of drug-likeness (QED) is 0.0448. The molecule has 5 atom stereocenters. The van der Waals surface area contributed by atoms with Crippen LogP contribution >= 0.6 is 11.8 Å². The molecule has 1 aromatic rings. The minimum Gasteiger partial charge on any atom is -0.481 e. The van der Waals surface area contributed by atoms with E-state index in [0.29, 0.717) is 17.7 Å². The molecule has 0 heterocycles. The monoisotopic (exact) mass is 795 g/mol. The van der Waals surface area contributed by atoms with E-state index in [0.717, 1.165) is 11.8 Å². The molecule has 306 valence electrons. The summed E-state index contributed by atoms with van der Waals surface area (Å²) in [6.07, 6.45) is -0.879. The molecule has 14 N–H and O–H groups in total. The Kier molecular flexibility index (Phi) is 21.0. The Morgan fingerprint density at radius 1 is 0.782 bits per heavy atom. The number of anilines is 1. The van der Waals surface area contributed by atoms with Gasteiger partial charge in [0.25, 0.3) is 5.91 Å². The van der Waals surface area contributed by atoms with Crippen molar-refractivity contribution in [3.05, 3.63) is 29.8 Å². The van der Waals surface area contributed by atoms with Crippen LogP contribution in [-0.2, 0) is 38.4 Å². The first kappa shape index (κ1) is 47.7. The average molecular weight is 796 g/mol. The number of nitrogens with one attached hydrogen (secondary N) is 6. The summed E-state index contributed by atoms with van der Waals surface area (Å²) in [4.78, 5) is 110. The molecule has 21 heteroatoms. The molecule has 0 unspecified atom stereocenters. The lowest BCUT2D eigenvalue weighted by Crippen LogP contribution is -2.56. The third kappa shape index (κ3) is 18.5. The van der Waals surface area contributed by atoms with Gasteiger partial charge in [-0.15, -0.1) is 0 Å². The van der Waals surface area contributed by atoms with E-state index in [1.54, 1.807) is 26.0 Å². The van der Waals surface area contributed by atoms with Gasteiger partial charge in [0.05, 0.1) is 25.6 Å². The molecule has 0 saturated heterocycles. The number of primary amides is 2. The fraction of sp³-hybridized carbons (Fsp3) is 0.559. The first-order valence-corrected chi connectivity index (χ1v) is 18.4. The van der Waals surface area contributed by atoms with E-state index in [2.05, 4.69) is 31.9 Å². The van der Waals surface area contributed by atoms with Crippen LogP contribution in [0.25, 0.3) is 0 Å². The second kappa shape index (κ2) is 24.2. The second-order valence-corrected chi connectivity index (χ2v) is 14.3. The zero-order valence-corrected chi connectivity index (χ0v) is 32.0. The van der Waals surface area contributed by atoms with Crippen LogP contribution in [0.3, 0.4) is 0 Å². The summed E-state index contributed by atoms with van der Waals surface area (Å²) < 4.78 is 0. The van der Waals surface area contributed by atoms with Crippen molar-refractivity contribution in [1.82, 2.24) is 26.6 Å². The number of nitrogens with two attached hydrogens (primary N) is 3. The maximum atomic E-state index is 12.9. The first-order chi connectivity index (χ1) is 25.7. The van der Waals surface area contributed by atoms with Gasteiger partial charge in [-0.3, -0.25) is 43.2 Å². The Hall–Kier alpha value is -5.28. The van der Waals surface area contributed by atoms with Crippen LogP contribution in [0.15, 0.2) is 24.3 Å². The lowest BCUT2D eigenvalue weighted by Gasteiger charge is -2.22. The molecular weight excluding hydrogens is 742 g/mol. The number of carboxylic acid groups (broad SMARTS) is 1. The second-order valence-electron chi connectivity index (χ2n) is 13.2. The van der Waals surface area contributed by atoms with Gasteiger partial charge in [0.2, 0.25) is 40.6 Å². The molecule has 1 rings (SSSR count). The number of benzene rings is 1. The van der Waals surface area contributed by atoms with Gasteiger partial charge in [0.1, 0.15) is 24.2 Å². The van der Waals surface area contributed by atoms with Crippen molar-refractivity contribution in [2.75, 3.05) is 30.8 Å². The molecule has 0 aromatic heterocycles. The molecule has 0 saturated carbocycles. The average Bonchev–Trinajstić information content (AvgIpc) is 3.11. The van der Waals surface area contributed by atoms with E-state index < -0.39 is 102 Å². The lowest BCUT2D eigenvalue weighted by molar-refractivity contribution is -0.139. The van der Waals surface area contributed by atoms with Crippen molar-refractivity contribution >= 4 is 69.9 Å². The third-order valence-corrected chi connectivity index (χ3v) is 8.73. The van der Waals surface area contributed by atoms with Gasteiger partial charge in [-0.05, 0) is 48.9 Å². The zero-order chi connectivity index (χ0) is 41.8. The molecule has 20 nitrogen and oxygen atoms in total. The third-order valence-electron chi connectivity index (χ3n) is 7.75. The number of carboxylic acids is 1. The number of thioether (sulfide) groups is 1. The standard InChI is InChI=1S/C34H53N9O11S/c1-17(2)13-22(29(37)49)42-30(50)19-5-7-20(8-6-19)38-11-12-55-34(54)23(14-27(47)48)43-32(52)24(16-44)40-26(46)15-39-31(51)21(9-10-25(35)45)41-33(53)28(36)18(3)4/h5-8,17-18,21-24,28,38,44H,9-16,36H2,1-4H3,(H2,35,45)(H2,37,49)(H,39,51)(H,40,46)(H,41,53)(H,42,50)(H,43,52)(H,47,48)/t21-,22-,23-,24-,28-/m0/s1. The summed E-state index contributed by atoms with van der Waals surface area (Å²) in [6.45, 7) is 5.69. The number of rotatable bonds is 25. The maximum absolute atomic E-state index is 12.9. The van der Waals surface area contributed by atoms with Gasteiger partial charge < -0.3 is 59.3 Å². The summed E-state index contributed by atoms with van der Waals surface area (Å²) in [5.41, 5.74) is 17.2. The molecule has 0 aliphatic heterocycles. The smallest absolute Gasteiger partial charge is 0.305 e. The van der Waals surface area contributed by atoms with E-state index in [4.69, 9.17) is 17.2 Å². The molecule has 7 amide bonds. The minimum atomic E-state index is -1.64. The van der Waals surface area contributed by atoms with Crippen molar-refractivity contribution in [3.63, 3.8) is 0 Å². The highest BCUT2D eigenvalue weighted by Gasteiger charge is 2.30. The largest absolute Gasteiger partial charge is 0.481 e. The predicted molar refractivity (Wildman–Crippen MR) is 202 cm³/mol. The molecule has 0 bridgehead atoms. The number of amides is 7. The van der Waals surface area contributed by atoms with Crippen LogP contribution in [0, 0.1) is 11.8 Å². The van der Waals surface area contributed by atoms with Crippen LogP contribution in [0.2, 0.25) is 0 Å². The summed E-state index contributed by atoms with van der Waals surface area (Å²) in [6, 6.07) is 0.0317. The first-order valence-electron chi connectivity index (χ1n) is 17.4. The zero-order valence-electron chi connectivity index (χ0n) is 31.2. The van der Waals surface area contributed by atoms with Crippen molar-refractivity contribution in [3.8, 4) is 0 Å². The Bertz CT molecular complexity index is 1530. The van der Waals surface area contributed by atoms with Crippen molar-refractivity contribution in [2.24, 2.45) is 29.0 Å². The highest BCUT2D eigenvalue weighted by Crippen LogP contribution is 2.13. The van der Waals surface area contributed by atoms with Gasteiger partial charge in [0, 0.05) is 30.0 Å². The summed E-state index contributed by atoms with van der Waals surface area (Å²) in [5.74, 6) is -6.85. The Labute approximate surface area is 322 Å². The SMILES string of the molecule is CC(C)C[C@H](NC(=O)c1ccc(NCCSC(=O)[C@H](CC(=O)O)NC(=O)[C@H](CO)NC(=O)CNC(=O)[C@H](CCC(N)=O)NC(=O)[C@@H](N)C(C)C)cc1)C(N)=O. The van der Waals surface area contributed by atoms with E-state index in [1.165, 1.54) is 12.1 Å². The van der Waals surface area contributed by atoms with Crippen LogP contribution < -0.4 is 49.1 Å². The molecule has 0 fully saturated rings. The molecule has 0 radical (unpaired) electrons. The van der Waals surface area contributed by atoms with Gasteiger partial charge in [0.15, 0.2) is 0 Å². The van der Waals surface area contributed by atoms with Gasteiger partial charge in [-0.2, -0.15) is 0 Å². The van der Waals surface area contributed by atoms with Crippen LogP contribution in [0.4, 0.5) is 5.69 Å². The Morgan fingerprint density at radius 2 is 1.40 bits per heavy atom. The fourth-order valence-corrected chi connectivity index (χ4v) is 5.39. The van der Waals surface area contributed by atoms with Gasteiger partial charge in [-0.25, -0.2) is 0 Å². The van der Waals surface area contributed by atoms with Crippen molar-refractivity contribution < 1.29 is 53.4 Å². The summed E-state index contributed by atoms with van der Waals surface area (Å²) >= 11 is 0.719. The van der Waals surface area contributed by atoms with E-state index in [9.17, 15) is 53.4 Å². The summed E-state index contributed by atoms with van der Waals surface area (Å²) in [7, 11) is 0. The summed E-state index contributed by atoms with van der Waals surface area (Å²) in [5, 5.41) is 33.1. The number of hydrogen-bond acceptors (Lipinski definition) is 13. The number of aliphatic carboxylic acids is 1. The maximum Gasteiger partial charge on any atom is 0.305 e. The van der Waals surface area contributed by atoms with E-state index in [-0.39, 0.29) is 37.0 Å². The fourth-order valence-electron chi connectivity index (χ4n) is 4.64. The lowest BCUT2D eigenvalue weighted by atomic mass is 10.0. The number of hydrogen-bond donors (Lipinski definition) is 11. The van der Waals surface area contributed by atoms with Gasteiger partial charge >= 0.3 is 5.97 Å². The molecule has 0 aliphatic rings. The van der Waals surface area contributed by atoms with Gasteiger partial charge in [-0.1, -0.05) is 39.5 Å². The highest BCUT2D eigenvalue weighted by atomic mass is 32.2. The van der Waals surface area contributed by atoms with E-state index in [1.807, 2.05) is 13.8 Å². The Balaban J connectivity index is 2.73. The number of carbonyl (C=O) groups is 9. The number of aliphatic hydroxyl groups is 1. The number of aliphatic hydroxyl groups excluding tert-OH is 1. The van der Waals surface area contributed by atoms with E-state index >= 15 is 0 Å². The molecule has 55 heavy (non-hydrogen) atoms. The normalized spacial score (nSPS) is 13.7. The number of carbonyl (C=O) groups excluding carboxylic acids is 8. The van der Waals surface area contributed by atoms with Crippen LogP contribution in [0.5, 0.6) is 0 Å². The molecular formula is C34H53N9O11S. The molecule has 0 aliphatic carbocycles.